The molecule has 1 aliphatic rings. The van der Waals surface area contributed by atoms with Gasteiger partial charge >= 0.3 is 11.9 Å². The predicted molar refractivity (Wildman–Crippen MR) is 119 cm³/mol. The number of carboxylic acids is 1. The lowest BCUT2D eigenvalue weighted by Gasteiger charge is -2.27. The summed E-state index contributed by atoms with van der Waals surface area (Å²) in [7, 11) is 0. The van der Waals surface area contributed by atoms with E-state index in [9.17, 15) is 14.7 Å². The minimum atomic E-state index is -0.770. The Morgan fingerprint density at radius 3 is 2.03 bits per heavy atom. The minimum absolute atomic E-state index is 0.000316. The van der Waals surface area contributed by atoms with Crippen LogP contribution < -0.4 is 0 Å². The first-order valence-electron chi connectivity index (χ1n) is 12.4. The van der Waals surface area contributed by atoms with Crippen molar-refractivity contribution in [1.82, 2.24) is 0 Å². The van der Waals surface area contributed by atoms with E-state index in [1.54, 1.807) is 0 Å². The summed E-state index contributed by atoms with van der Waals surface area (Å²) in [5, 5.41) is 9.26. The van der Waals surface area contributed by atoms with Gasteiger partial charge in [0, 0.05) is 0 Å². The first-order chi connectivity index (χ1) is 13.9. The molecule has 29 heavy (non-hydrogen) atoms. The number of rotatable bonds is 16. The summed E-state index contributed by atoms with van der Waals surface area (Å²) in [5.41, 5.74) is 0. The summed E-state index contributed by atoms with van der Waals surface area (Å²) in [6.07, 6.45) is 17.3. The van der Waals surface area contributed by atoms with Crippen molar-refractivity contribution in [3.8, 4) is 0 Å². The summed E-state index contributed by atoms with van der Waals surface area (Å²) in [6.45, 7) is 6.66. The maximum absolute atomic E-state index is 12.7. The Bertz CT molecular complexity index is 446. The van der Waals surface area contributed by atoms with Crippen molar-refractivity contribution in [2.75, 3.05) is 0 Å². The van der Waals surface area contributed by atoms with Crippen molar-refractivity contribution in [2.24, 2.45) is 17.8 Å². The number of hydrogen-bond acceptors (Lipinski definition) is 3. The van der Waals surface area contributed by atoms with Crippen molar-refractivity contribution in [3.05, 3.63) is 0 Å². The van der Waals surface area contributed by atoms with Crippen LogP contribution in [0.25, 0.3) is 0 Å². The Morgan fingerprint density at radius 1 is 0.862 bits per heavy atom. The van der Waals surface area contributed by atoms with Crippen LogP contribution in [0.1, 0.15) is 124 Å². The van der Waals surface area contributed by atoms with Crippen LogP contribution in [0.15, 0.2) is 0 Å². The van der Waals surface area contributed by atoms with Gasteiger partial charge in [-0.15, -0.1) is 0 Å². The highest BCUT2D eigenvalue weighted by Crippen LogP contribution is 2.31. The van der Waals surface area contributed by atoms with Gasteiger partial charge in [0.15, 0.2) is 0 Å². The van der Waals surface area contributed by atoms with Gasteiger partial charge in [0.25, 0.3) is 0 Å². The average Bonchev–Trinajstić information content (AvgIpc) is 2.70. The topological polar surface area (TPSA) is 63.6 Å². The third-order valence-corrected chi connectivity index (χ3v) is 6.34. The van der Waals surface area contributed by atoms with Crippen LogP contribution in [0.3, 0.4) is 0 Å². The molecule has 0 saturated heterocycles. The first kappa shape index (κ1) is 26.0. The number of carbonyl (C=O) groups is 2. The SMILES string of the molecule is CCCCCCCCCCCC(CCC(C)C)OC(=O)C1CCCC(C(=O)O)C1. The van der Waals surface area contributed by atoms with Crippen molar-refractivity contribution >= 4 is 11.9 Å². The zero-order valence-corrected chi connectivity index (χ0v) is 19.3. The zero-order valence-electron chi connectivity index (χ0n) is 19.3. The van der Waals surface area contributed by atoms with E-state index in [1.165, 1.54) is 51.4 Å². The van der Waals surface area contributed by atoms with Gasteiger partial charge in [-0.1, -0.05) is 78.6 Å². The summed E-state index contributed by atoms with van der Waals surface area (Å²) in [4.78, 5) is 23.9. The number of ether oxygens (including phenoxy) is 1. The van der Waals surface area contributed by atoms with Crippen LogP contribution in [0, 0.1) is 17.8 Å². The van der Waals surface area contributed by atoms with Gasteiger partial charge in [-0.3, -0.25) is 9.59 Å². The maximum Gasteiger partial charge on any atom is 0.309 e. The van der Waals surface area contributed by atoms with E-state index in [1.807, 2.05) is 0 Å². The molecule has 4 nitrogen and oxygen atoms in total. The van der Waals surface area contributed by atoms with Crippen LogP contribution in [0.5, 0.6) is 0 Å². The second-order valence-corrected chi connectivity index (χ2v) is 9.55. The molecule has 1 fully saturated rings. The molecule has 0 aromatic heterocycles. The molecule has 0 aromatic carbocycles. The molecule has 1 aliphatic carbocycles. The molecular weight excluding hydrogens is 364 g/mol. The van der Waals surface area contributed by atoms with Gasteiger partial charge < -0.3 is 9.84 Å². The van der Waals surface area contributed by atoms with Crippen molar-refractivity contribution in [2.45, 2.75) is 130 Å². The van der Waals surface area contributed by atoms with E-state index in [2.05, 4.69) is 20.8 Å². The highest BCUT2D eigenvalue weighted by atomic mass is 16.5. The molecule has 1 rings (SSSR count). The lowest BCUT2D eigenvalue weighted by atomic mass is 9.81. The standard InChI is InChI=1S/C25H46O4/c1-4-5-6-7-8-9-10-11-12-16-23(18-17-20(2)3)29-25(28)22-15-13-14-21(19-22)24(26)27/h20-23H,4-19H2,1-3H3,(H,26,27). The molecule has 3 atom stereocenters. The van der Waals surface area contributed by atoms with Gasteiger partial charge in [0.1, 0.15) is 6.10 Å². The lowest BCUT2D eigenvalue weighted by molar-refractivity contribution is -0.158. The normalized spacial score (nSPS) is 20.6. The Morgan fingerprint density at radius 2 is 1.45 bits per heavy atom. The molecule has 1 saturated carbocycles. The second-order valence-electron chi connectivity index (χ2n) is 9.55. The molecule has 4 heteroatoms. The Labute approximate surface area is 179 Å². The fraction of sp³-hybridized carbons (Fsp3) is 0.920. The second kappa shape index (κ2) is 15.7. The largest absolute Gasteiger partial charge is 0.481 e. The average molecular weight is 411 g/mol. The predicted octanol–water partition coefficient (Wildman–Crippen LogP) is 7.15. The number of carbonyl (C=O) groups excluding carboxylic acids is 1. The Balaban J connectivity index is 2.33. The van der Waals surface area contributed by atoms with Gasteiger partial charge in [-0.25, -0.2) is 0 Å². The number of hydrogen-bond donors (Lipinski definition) is 1. The van der Waals surface area contributed by atoms with Crippen molar-refractivity contribution in [1.29, 1.82) is 0 Å². The van der Waals surface area contributed by atoms with Crippen molar-refractivity contribution < 1.29 is 19.4 Å². The molecule has 0 spiro atoms. The number of aliphatic carboxylic acids is 1. The molecule has 0 heterocycles. The lowest BCUT2D eigenvalue weighted by Crippen LogP contribution is -2.31. The van der Waals surface area contributed by atoms with Gasteiger partial charge in [0.05, 0.1) is 11.8 Å². The van der Waals surface area contributed by atoms with Crippen LogP contribution >= 0.6 is 0 Å². The zero-order chi connectivity index (χ0) is 21.5. The van der Waals surface area contributed by atoms with E-state index >= 15 is 0 Å². The molecule has 170 valence electrons. The Hall–Kier alpha value is -1.06. The highest BCUT2D eigenvalue weighted by molar-refractivity contribution is 5.75. The molecule has 0 bridgehead atoms. The summed E-state index contributed by atoms with van der Waals surface area (Å²) in [6, 6.07) is 0. The number of esters is 1. The molecule has 1 N–H and O–H groups in total. The van der Waals surface area contributed by atoms with E-state index < -0.39 is 5.97 Å². The van der Waals surface area contributed by atoms with Crippen LogP contribution in [-0.2, 0) is 14.3 Å². The third-order valence-electron chi connectivity index (χ3n) is 6.34. The molecule has 0 amide bonds. The summed E-state index contributed by atoms with van der Waals surface area (Å²) in [5.74, 6) is -0.929. The van der Waals surface area contributed by atoms with Crippen LogP contribution in [0.4, 0.5) is 0 Å². The minimum Gasteiger partial charge on any atom is -0.481 e. The quantitative estimate of drug-likeness (QED) is 0.217. The third kappa shape index (κ3) is 12.3. The van der Waals surface area contributed by atoms with E-state index in [-0.39, 0.29) is 23.9 Å². The van der Waals surface area contributed by atoms with Crippen LogP contribution in [0.2, 0.25) is 0 Å². The monoisotopic (exact) mass is 410 g/mol. The molecule has 0 aliphatic heterocycles. The Kier molecular flexibility index (Phi) is 14.1. The van der Waals surface area contributed by atoms with Gasteiger partial charge in [-0.05, 0) is 50.9 Å². The smallest absolute Gasteiger partial charge is 0.309 e. The molecule has 0 aromatic rings. The molecule has 3 unspecified atom stereocenters. The van der Waals surface area contributed by atoms with Crippen molar-refractivity contribution in [3.63, 3.8) is 0 Å². The summed E-state index contributed by atoms with van der Waals surface area (Å²) < 4.78 is 5.91. The first-order valence-corrected chi connectivity index (χ1v) is 12.4. The highest BCUT2D eigenvalue weighted by Gasteiger charge is 2.33. The van der Waals surface area contributed by atoms with E-state index in [4.69, 9.17) is 4.74 Å². The molecule has 0 radical (unpaired) electrons. The fourth-order valence-corrected chi connectivity index (χ4v) is 4.35. The van der Waals surface area contributed by atoms with Crippen LogP contribution in [-0.4, -0.2) is 23.1 Å². The molecular formula is C25H46O4. The maximum atomic E-state index is 12.7. The van der Waals surface area contributed by atoms with E-state index in [0.29, 0.717) is 18.8 Å². The van der Waals surface area contributed by atoms with Gasteiger partial charge in [-0.2, -0.15) is 0 Å². The summed E-state index contributed by atoms with van der Waals surface area (Å²) >= 11 is 0. The van der Waals surface area contributed by atoms with E-state index in [0.717, 1.165) is 38.5 Å². The fourth-order valence-electron chi connectivity index (χ4n) is 4.35. The number of carboxylic acid groups (broad SMARTS) is 1. The van der Waals surface area contributed by atoms with Gasteiger partial charge in [0.2, 0.25) is 0 Å². The number of unbranched alkanes of at least 4 members (excludes halogenated alkanes) is 8.